The SMILES string of the molecule is CC(C)C[C@@H](N)c1nc(C2CCOC2)no1. The van der Waals surface area contributed by atoms with Gasteiger partial charge in [-0.1, -0.05) is 19.0 Å². The number of hydrogen-bond acceptors (Lipinski definition) is 5. The highest BCUT2D eigenvalue weighted by Crippen LogP contribution is 2.24. The van der Waals surface area contributed by atoms with Crippen LogP contribution in [-0.4, -0.2) is 23.4 Å². The van der Waals surface area contributed by atoms with E-state index in [0.717, 1.165) is 25.3 Å². The number of nitrogens with zero attached hydrogens (tertiary/aromatic N) is 2. The minimum atomic E-state index is -0.149. The highest BCUT2D eigenvalue weighted by molar-refractivity contribution is 4.99. The fourth-order valence-corrected chi connectivity index (χ4v) is 1.91. The average molecular weight is 225 g/mol. The second-order valence-corrected chi connectivity index (χ2v) is 4.79. The zero-order valence-electron chi connectivity index (χ0n) is 9.85. The summed E-state index contributed by atoms with van der Waals surface area (Å²) < 4.78 is 10.5. The smallest absolute Gasteiger partial charge is 0.243 e. The Balaban J connectivity index is 2.00. The standard InChI is InChI=1S/C11H19N3O2/c1-7(2)5-9(12)11-13-10(14-16-11)8-3-4-15-6-8/h7-9H,3-6,12H2,1-2H3/t8?,9-/m1/s1. The van der Waals surface area contributed by atoms with Gasteiger partial charge in [-0.15, -0.1) is 0 Å². The molecule has 0 spiro atoms. The summed E-state index contributed by atoms with van der Waals surface area (Å²) in [5.41, 5.74) is 5.98. The molecule has 1 aromatic rings. The highest BCUT2D eigenvalue weighted by atomic mass is 16.5. The van der Waals surface area contributed by atoms with Gasteiger partial charge in [-0.05, 0) is 18.8 Å². The summed E-state index contributed by atoms with van der Waals surface area (Å²) in [7, 11) is 0. The van der Waals surface area contributed by atoms with Crippen molar-refractivity contribution >= 4 is 0 Å². The van der Waals surface area contributed by atoms with Crippen LogP contribution in [-0.2, 0) is 4.74 Å². The van der Waals surface area contributed by atoms with Crippen LogP contribution >= 0.6 is 0 Å². The van der Waals surface area contributed by atoms with Crippen molar-refractivity contribution in [3.63, 3.8) is 0 Å². The third-order valence-electron chi connectivity index (χ3n) is 2.79. The van der Waals surface area contributed by atoms with Crippen LogP contribution < -0.4 is 5.73 Å². The van der Waals surface area contributed by atoms with Crippen molar-refractivity contribution in [1.82, 2.24) is 10.1 Å². The lowest BCUT2D eigenvalue weighted by molar-refractivity contribution is 0.192. The molecule has 1 unspecified atom stereocenters. The summed E-state index contributed by atoms with van der Waals surface area (Å²) in [5.74, 6) is 2.10. The Bertz CT molecular complexity index is 332. The molecule has 0 radical (unpaired) electrons. The molecule has 16 heavy (non-hydrogen) atoms. The minimum Gasteiger partial charge on any atom is -0.381 e. The van der Waals surface area contributed by atoms with Gasteiger partial charge in [0.15, 0.2) is 5.82 Å². The minimum absolute atomic E-state index is 0.149. The Morgan fingerprint density at radius 1 is 1.50 bits per heavy atom. The molecular formula is C11H19N3O2. The lowest BCUT2D eigenvalue weighted by Crippen LogP contribution is -2.13. The molecule has 0 bridgehead atoms. The van der Waals surface area contributed by atoms with E-state index in [2.05, 4.69) is 24.0 Å². The molecule has 0 aliphatic carbocycles. The molecule has 0 saturated carbocycles. The normalized spacial score (nSPS) is 22.9. The molecule has 0 amide bonds. The molecule has 1 aliphatic rings. The number of rotatable bonds is 4. The first kappa shape index (κ1) is 11.5. The molecule has 2 atom stereocenters. The van der Waals surface area contributed by atoms with Crippen molar-refractivity contribution in [3.05, 3.63) is 11.7 Å². The first-order valence-corrected chi connectivity index (χ1v) is 5.83. The van der Waals surface area contributed by atoms with Crippen molar-refractivity contribution in [2.75, 3.05) is 13.2 Å². The van der Waals surface area contributed by atoms with Crippen LogP contribution in [0.4, 0.5) is 0 Å². The molecule has 0 aromatic carbocycles. The lowest BCUT2D eigenvalue weighted by atomic mass is 10.0. The van der Waals surface area contributed by atoms with Gasteiger partial charge in [-0.2, -0.15) is 4.98 Å². The van der Waals surface area contributed by atoms with Crippen LogP contribution in [0.3, 0.4) is 0 Å². The van der Waals surface area contributed by atoms with Crippen LogP contribution in [0.2, 0.25) is 0 Å². The average Bonchev–Trinajstić information content (AvgIpc) is 2.87. The number of nitrogens with two attached hydrogens (primary N) is 1. The van der Waals surface area contributed by atoms with Crippen LogP contribution in [0.5, 0.6) is 0 Å². The Hall–Kier alpha value is -0.940. The second kappa shape index (κ2) is 4.93. The Morgan fingerprint density at radius 2 is 2.31 bits per heavy atom. The second-order valence-electron chi connectivity index (χ2n) is 4.79. The van der Waals surface area contributed by atoms with Crippen molar-refractivity contribution in [2.45, 2.75) is 38.6 Å². The molecule has 1 aliphatic heterocycles. The maximum absolute atomic E-state index is 5.98. The van der Waals surface area contributed by atoms with Crippen LogP contribution in [0, 0.1) is 5.92 Å². The zero-order chi connectivity index (χ0) is 11.5. The van der Waals surface area contributed by atoms with Gasteiger partial charge in [0.25, 0.3) is 0 Å². The molecule has 90 valence electrons. The molecule has 1 aromatic heterocycles. The molecule has 5 nitrogen and oxygen atoms in total. The van der Waals surface area contributed by atoms with Gasteiger partial charge in [-0.3, -0.25) is 0 Å². The number of ether oxygens (including phenoxy) is 1. The Labute approximate surface area is 95.3 Å². The Kier molecular flexibility index (Phi) is 3.56. The maximum atomic E-state index is 5.98. The molecule has 2 rings (SSSR count). The summed E-state index contributed by atoms with van der Waals surface area (Å²) in [6.45, 7) is 5.73. The monoisotopic (exact) mass is 225 g/mol. The van der Waals surface area contributed by atoms with Crippen molar-refractivity contribution in [2.24, 2.45) is 11.7 Å². The first-order chi connectivity index (χ1) is 7.66. The molecule has 1 fully saturated rings. The largest absolute Gasteiger partial charge is 0.381 e. The molecule has 2 N–H and O–H groups in total. The van der Waals surface area contributed by atoms with Crippen molar-refractivity contribution in [1.29, 1.82) is 0 Å². The fraction of sp³-hybridized carbons (Fsp3) is 0.818. The van der Waals surface area contributed by atoms with Crippen LogP contribution in [0.25, 0.3) is 0 Å². The van der Waals surface area contributed by atoms with E-state index >= 15 is 0 Å². The maximum Gasteiger partial charge on any atom is 0.243 e. The van der Waals surface area contributed by atoms with Crippen molar-refractivity contribution in [3.8, 4) is 0 Å². The summed E-state index contributed by atoms with van der Waals surface area (Å²) in [6.07, 6.45) is 1.83. The zero-order valence-corrected chi connectivity index (χ0v) is 9.85. The molecular weight excluding hydrogens is 206 g/mol. The predicted octanol–water partition coefficient (Wildman–Crippen LogP) is 1.62. The summed E-state index contributed by atoms with van der Waals surface area (Å²) in [6, 6.07) is -0.149. The van der Waals surface area contributed by atoms with E-state index in [4.69, 9.17) is 15.0 Å². The van der Waals surface area contributed by atoms with Crippen LogP contribution in [0.15, 0.2) is 4.52 Å². The van der Waals surface area contributed by atoms with E-state index in [0.29, 0.717) is 18.4 Å². The van der Waals surface area contributed by atoms with E-state index < -0.39 is 0 Å². The third-order valence-corrected chi connectivity index (χ3v) is 2.79. The van der Waals surface area contributed by atoms with E-state index in [-0.39, 0.29) is 12.0 Å². The Morgan fingerprint density at radius 3 is 2.94 bits per heavy atom. The van der Waals surface area contributed by atoms with E-state index in [1.807, 2.05) is 0 Å². The molecule has 5 heteroatoms. The fourth-order valence-electron chi connectivity index (χ4n) is 1.91. The number of hydrogen-bond donors (Lipinski definition) is 1. The van der Waals surface area contributed by atoms with E-state index in [1.54, 1.807) is 0 Å². The summed E-state index contributed by atoms with van der Waals surface area (Å²) >= 11 is 0. The van der Waals surface area contributed by atoms with E-state index in [9.17, 15) is 0 Å². The predicted molar refractivity (Wildman–Crippen MR) is 58.9 cm³/mol. The van der Waals surface area contributed by atoms with Gasteiger partial charge in [-0.25, -0.2) is 0 Å². The first-order valence-electron chi connectivity index (χ1n) is 5.83. The summed E-state index contributed by atoms with van der Waals surface area (Å²) in [5, 5.41) is 3.98. The third kappa shape index (κ3) is 2.59. The van der Waals surface area contributed by atoms with Crippen LogP contribution in [0.1, 0.15) is 50.4 Å². The highest BCUT2D eigenvalue weighted by Gasteiger charge is 2.24. The quantitative estimate of drug-likeness (QED) is 0.842. The summed E-state index contributed by atoms with van der Waals surface area (Å²) in [4.78, 5) is 4.36. The van der Waals surface area contributed by atoms with E-state index in [1.165, 1.54) is 0 Å². The van der Waals surface area contributed by atoms with Crippen molar-refractivity contribution < 1.29 is 9.26 Å². The van der Waals surface area contributed by atoms with Gasteiger partial charge >= 0.3 is 0 Å². The van der Waals surface area contributed by atoms with Gasteiger partial charge in [0, 0.05) is 12.5 Å². The number of aromatic nitrogens is 2. The van der Waals surface area contributed by atoms with Gasteiger partial charge in [0.2, 0.25) is 5.89 Å². The van der Waals surface area contributed by atoms with Gasteiger partial charge in [0.1, 0.15) is 0 Å². The van der Waals surface area contributed by atoms with Gasteiger partial charge in [0.05, 0.1) is 12.6 Å². The topological polar surface area (TPSA) is 74.2 Å². The molecule has 2 heterocycles. The molecule has 1 saturated heterocycles. The van der Waals surface area contributed by atoms with Gasteiger partial charge < -0.3 is 15.0 Å². The lowest BCUT2D eigenvalue weighted by Gasteiger charge is -2.08.